The van der Waals surface area contributed by atoms with Gasteiger partial charge in [-0.15, -0.1) is 0 Å². The van der Waals surface area contributed by atoms with Gasteiger partial charge in [0.05, 0.1) is 0 Å². The lowest BCUT2D eigenvalue weighted by atomic mass is 9.97. The topological polar surface area (TPSA) is 23.6 Å². The van der Waals surface area contributed by atoms with Crippen LogP contribution >= 0.6 is 0 Å². The zero-order valence-electron chi connectivity index (χ0n) is 16.1. The largest absolute Gasteiger partial charge is 0.341 e. The molecule has 5 atom stereocenters. The first kappa shape index (κ1) is 16.8. The van der Waals surface area contributed by atoms with E-state index in [4.69, 9.17) is 0 Å². The van der Waals surface area contributed by atoms with Gasteiger partial charge in [-0.25, -0.2) is 0 Å². The number of hydrogen-bond acceptors (Lipinski definition) is 2. The van der Waals surface area contributed by atoms with Gasteiger partial charge in [0.1, 0.15) is 0 Å². The highest BCUT2D eigenvalue weighted by Crippen LogP contribution is 2.41. The number of carbonyl (C=O) groups is 1. The molecule has 0 spiro atoms. The van der Waals surface area contributed by atoms with Crippen LogP contribution in [0.25, 0.3) is 0 Å². The number of likely N-dealkylation sites (tertiary alicyclic amines) is 1. The minimum absolute atomic E-state index is 0.343. The molecule has 2 heterocycles. The van der Waals surface area contributed by atoms with Crippen LogP contribution in [-0.2, 0) is 11.2 Å². The second-order valence-electron chi connectivity index (χ2n) is 9.24. The molecule has 0 N–H and O–H groups in total. The first-order valence-electron chi connectivity index (χ1n) is 10.8. The van der Waals surface area contributed by atoms with E-state index in [1.807, 2.05) is 0 Å². The van der Waals surface area contributed by atoms with Crippen molar-refractivity contribution in [1.29, 1.82) is 0 Å². The van der Waals surface area contributed by atoms with Gasteiger partial charge in [-0.3, -0.25) is 9.69 Å². The molecule has 140 valence electrons. The Hall–Kier alpha value is -1.35. The van der Waals surface area contributed by atoms with E-state index in [2.05, 4.69) is 41.0 Å². The maximum atomic E-state index is 12.7. The fraction of sp³-hybridized carbons (Fsp3) is 0.696. The standard InChI is InChI=1S/C23H32N2O/c1-16-14-22(16)23(26)24-12-11-19-8-9-20(15-24)25(19)13-10-18-7-6-17-4-2-3-5-21(17)18/h2-5,16,18-20,22H,6-15H2,1H3/t16-,18?,19?,20?,22-/m0/s1. The fourth-order valence-corrected chi connectivity index (χ4v) is 5.89. The number of fused-ring (bicyclic) bond motifs is 3. The van der Waals surface area contributed by atoms with Crippen LogP contribution in [0.3, 0.4) is 0 Å². The van der Waals surface area contributed by atoms with Crippen LogP contribution in [-0.4, -0.2) is 47.4 Å². The summed E-state index contributed by atoms with van der Waals surface area (Å²) in [5.74, 6) is 2.17. The lowest BCUT2D eigenvalue weighted by Gasteiger charge is -2.30. The molecule has 2 aliphatic carbocycles. The van der Waals surface area contributed by atoms with Crippen LogP contribution in [0.1, 0.15) is 62.5 Å². The van der Waals surface area contributed by atoms with Crippen molar-refractivity contribution in [2.75, 3.05) is 19.6 Å². The van der Waals surface area contributed by atoms with Gasteiger partial charge in [-0.1, -0.05) is 31.2 Å². The van der Waals surface area contributed by atoms with E-state index in [1.165, 1.54) is 45.1 Å². The molecule has 1 amide bonds. The van der Waals surface area contributed by atoms with E-state index in [-0.39, 0.29) is 0 Å². The number of nitrogens with zero attached hydrogens (tertiary/aromatic N) is 2. The average Bonchev–Trinajstić information content (AvgIpc) is 3.10. The van der Waals surface area contributed by atoms with Crippen LogP contribution < -0.4 is 0 Å². The molecule has 4 aliphatic rings. The SMILES string of the molecule is C[C@H]1C[C@@H]1C(=O)N1CCC2CCC(C1)N2CCC1CCc2ccccc21. The first-order valence-corrected chi connectivity index (χ1v) is 10.8. The third-order valence-corrected chi connectivity index (χ3v) is 7.67. The summed E-state index contributed by atoms with van der Waals surface area (Å²) >= 11 is 0. The Morgan fingerprint density at radius 2 is 1.92 bits per heavy atom. The minimum Gasteiger partial charge on any atom is -0.341 e. The summed E-state index contributed by atoms with van der Waals surface area (Å²) < 4.78 is 0. The van der Waals surface area contributed by atoms with Crippen molar-refractivity contribution in [3.8, 4) is 0 Å². The molecular weight excluding hydrogens is 320 g/mol. The molecule has 0 radical (unpaired) electrons. The Morgan fingerprint density at radius 1 is 1.12 bits per heavy atom. The summed E-state index contributed by atoms with van der Waals surface area (Å²) in [5.41, 5.74) is 3.18. The van der Waals surface area contributed by atoms with Gasteiger partial charge in [0.2, 0.25) is 5.91 Å². The highest BCUT2D eigenvalue weighted by Gasteiger charge is 2.44. The Balaban J connectivity index is 1.22. The van der Waals surface area contributed by atoms with Crippen molar-refractivity contribution >= 4 is 5.91 Å². The number of hydrogen-bond donors (Lipinski definition) is 0. The zero-order chi connectivity index (χ0) is 17.7. The van der Waals surface area contributed by atoms with Crippen molar-refractivity contribution < 1.29 is 4.79 Å². The lowest BCUT2D eigenvalue weighted by Crippen LogP contribution is -2.42. The zero-order valence-corrected chi connectivity index (χ0v) is 16.1. The summed E-state index contributed by atoms with van der Waals surface area (Å²) in [6, 6.07) is 10.4. The normalized spacial score (nSPS) is 36.0. The number of benzene rings is 1. The molecule has 1 aromatic carbocycles. The van der Waals surface area contributed by atoms with Crippen molar-refractivity contribution in [3.63, 3.8) is 0 Å². The lowest BCUT2D eigenvalue weighted by molar-refractivity contribution is -0.133. The summed E-state index contributed by atoms with van der Waals surface area (Å²) in [6.45, 7) is 5.42. The van der Waals surface area contributed by atoms with Gasteiger partial charge < -0.3 is 4.90 Å². The molecule has 2 saturated heterocycles. The van der Waals surface area contributed by atoms with E-state index in [0.717, 1.165) is 25.4 Å². The Labute approximate surface area is 157 Å². The van der Waals surface area contributed by atoms with Gasteiger partial charge in [-0.05, 0) is 74.5 Å². The molecule has 1 saturated carbocycles. The van der Waals surface area contributed by atoms with Gasteiger partial charge in [-0.2, -0.15) is 0 Å². The van der Waals surface area contributed by atoms with Gasteiger partial charge in [0.15, 0.2) is 0 Å². The summed E-state index contributed by atoms with van der Waals surface area (Å²) in [6.07, 6.45) is 8.81. The van der Waals surface area contributed by atoms with Gasteiger partial charge in [0, 0.05) is 31.1 Å². The molecule has 5 rings (SSSR count). The Kier molecular flexibility index (Phi) is 4.31. The van der Waals surface area contributed by atoms with Crippen LogP contribution in [0, 0.1) is 11.8 Å². The van der Waals surface area contributed by atoms with Crippen LogP contribution in [0.15, 0.2) is 24.3 Å². The number of aryl methyl sites for hydroxylation is 1. The molecule has 3 nitrogen and oxygen atoms in total. The quantitative estimate of drug-likeness (QED) is 0.822. The number of carbonyl (C=O) groups excluding carboxylic acids is 1. The molecule has 3 heteroatoms. The minimum atomic E-state index is 0.343. The highest BCUT2D eigenvalue weighted by atomic mass is 16.2. The molecule has 0 aromatic heterocycles. The monoisotopic (exact) mass is 352 g/mol. The maximum absolute atomic E-state index is 12.7. The second-order valence-corrected chi connectivity index (χ2v) is 9.24. The van der Waals surface area contributed by atoms with Crippen LogP contribution in [0.5, 0.6) is 0 Å². The van der Waals surface area contributed by atoms with Gasteiger partial charge in [0.25, 0.3) is 0 Å². The van der Waals surface area contributed by atoms with E-state index < -0.39 is 0 Å². The smallest absolute Gasteiger partial charge is 0.226 e. The van der Waals surface area contributed by atoms with Crippen molar-refractivity contribution in [2.45, 2.75) is 69.9 Å². The second kappa shape index (κ2) is 6.67. The molecule has 3 unspecified atom stereocenters. The van der Waals surface area contributed by atoms with Gasteiger partial charge >= 0.3 is 0 Å². The van der Waals surface area contributed by atoms with Crippen LogP contribution in [0.2, 0.25) is 0 Å². The number of rotatable bonds is 4. The summed E-state index contributed by atoms with van der Waals surface area (Å²) in [5, 5.41) is 0. The Morgan fingerprint density at radius 3 is 2.77 bits per heavy atom. The van der Waals surface area contributed by atoms with E-state index in [1.54, 1.807) is 11.1 Å². The third-order valence-electron chi connectivity index (χ3n) is 7.67. The van der Waals surface area contributed by atoms with E-state index >= 15 is 0 Å². The Bertz CT molecular complexity index is 687. The first-order chi connectivity index (χ1) is 12.7. The predicted molar refractivity (Wildman–Crippen MR) is 104 cm³/mol. The maximum Gasteiger partial charge on any atom is 0.226 e. The molecule has 26 heavy (non-hydrogen) atoms. The predicted octanol–water partition coefficient (Wildman–Crippen LogP) is 3.83. The average molecular weight is 353 g/mol. The molecule has 2 aliphatic heterocycles. The fourth-order valence-electron chi connectivity index (χ4n) is 5.89. The van der Waals surface area contributed by atoms with E-state index in [9.17, 15) is 4.79 Å². The highest BCUT2D eigenvalue weighted by molar-refractivity contribution is 5.81. The van der Waals surface area contributed by atoms with E-state index in [0.29, 0.717) is 29.8 Å². The summed E-state index contributed by atoms with van der Waals surface area (Å²) in [4.78, 5) is 17.7. The van der Waals surface area contributed by atoms with Crippen molar-refractivity contribution in [1.82, 2.24) is 9.80 Å². The molecule has 2 bridgehead atoms. The van der Waals surface area contributed by atoms with Crippen molar-refractivity contribution in [3.05, 3.63) is 35.4 Å². The van der Waals surface area contributed by atoms with Crippen LogP contribution in [0.4, 0.5) is 0 Å². The molecule has 3 fully saturated rings. The van der Waals surface area contributed by atoms with Crippen molar-refractivity contribution in [2.24, 2.45) is 11.8 Å². The molecule has 1 aromatic rings. The summed E-state index contributed by atoms with van der Waals surface area (Å²) in [7, 11) is 0. The third kappa shape index (κ3) is 2.98. The number of amides is 1. The molecular formula is C23H32N2O.